The van der Waals surface area contributed by atoms with E-state index in [4.69, 9.17) is 0 Å². The Labute approximate surface area is 127 Å². The maximum Gasteiger partial charge on any atom is 0.254 e. The first-order chi connectivity index (χ1) is 10.1. The van der Waals surface area contributed by atoms with Crippen molar-refractivity contribution in [3.05, 3.63) is 23.4 Å². The minimum Gasteiger partial charge on any atom is -0.370 e. The Morgan fingerprint density at radius 1 is 1.33 bits per heavy atom. The van der Waals surface area contributed by atoms with E-state index < -0.39 is 0 Å². The molecule has 4 nitrogen and oxygen atoms in total. The zero-order chi connectivity index (χ0) is 15.2. The fourth-order valence-corrected chi connectivity index (χ4v) is 2.63. The van der Waals surface area contributed by atoms with Crippen molar-refractivity contribution in [2.24, 2.45) is 5.92 Å². The first-order valence-corrected chi connectivity index (χ1v) is 8.18. The number of rotatable bonds is 5. The van der Waals surface area contributed by atoms with Crippen LogP contribution in [0.4, 0.5) is 5.82 Å². The Hall–Kier alpha value is -1.58. The van der Waals surface area contributed by atoms with E-state index in [2.05, 4.69) is 31.1 Å². The molecule has 0 saturated carbocycles. The maximum absolute atomic E-state index is 12.7. The van der Waals surface area contributed by atoms with Gasteiger partial charge in [0.15, 0.2) is 0 Å². The molecule has 0 atom stereocenters. The molecule has 1 aliphatic heterocycles. The van der Waals surface area contributed by atoms with Crippen molar-refractivity contribution in [1.82, 2.24) is 9.88 Å². The standard InChI is InChI=1S/C17H27N3O/c1-4-8-18-16-12-14(11-15(5-2)19-16)17(21)20-9-6-13(3)7-10-20/h11-13H,4-10H2,1-3H3,(H,18,19). The number of hydrogen-bond acceptors (Lipinski definition) is 3. The smallest absolute Gasteiger partial charge is 0.254 e. The Balaban J connectivity index is 2.15. The Morgan fingerprint density at radius 3 is 2.67 bits per heavy atom. The zero-order valence-corrected chi connectivity index (χ0v) is 13.5. The predicted octanol–water partition coefficient (Wildman–Crippen LogP) is 3.34. The highest BCUT2D eigenvalue weighted by Gasteiger charge is 2.22. The number of nitrogens with zero attached hydrogens (tertiary/aromatic N) is 2. The summed E-state index contributed by atoms with van der Waals surface area (Å²) in [6.45, 7) is 9.09. The van der Waals surface area contributed by atoms with E-state index in [1.54, 1.807) is 0 Å². The molecule has 0 unspecified atom stereocenters. The first-order valence-electron chi connectivity index (χ1n) is 8.18. The molecule has 1 fully saturated rings. The summed E-state index contributed by atoms with van der Waals surface area (Å²) in [6, 6.07) is 3.84. The van der Waals surface area contributed by atoms with Crippen LogP contribution in [0.5, 0.6) is 0 Å². The van der Waals surface area contributed by atoms with E-state index in [0.717, 1.165) is 68.3 Å². The average molecular weight is 289 g/mol. The quantitative estimate of drug-likeness (QED) is 0.904. The van der Waals surface area contributed by atoms with Crippen LogP contribution in [-0.4, -0.2) is 35.4 Å². The van der Waals surface area contributed by atoms with Crippen LogP contribution in [0.3, 0.4) is 0 Å². The van der Waals surface area contributed by atoms with Crippen molar-refractivity contribution in [2.45, 2.75) is 46.5 Å². The molecule has 1 aromatic rings. The summed E-state index contributed by atoms with van der Waals surface area (Å²) in [6.07, 6.45) is 4.11. The highest BCUT2D eigenvalue weighted by Crippen LogP contribution is 2.20. The van der Waals surface area contributed by atoms with Crippen LogP contribution in [0.15, 0.2) is 12.1 Å². The van der Waals surface area contributed by atoms with Crippen LogP contribution < -0.4 is 5.32 Å². The minimum atomic E-state index is 0.151. The van der Waals surface area contributed by atoms with E-state index in [1.807, 2.05) is 17.0 Å². The molecular formula is C17H27N3O. The lowest BCUT2D eigenvalue weighted by molar-refractivity contribution is 0.0697. The Morgan fingerprint density at radius 2 is 2.05 bits per heavy atom. The van der Waals surface area contributed by atoms with Gasteiger partial charge in [0, 0.05) is 30.9 Å². The number of pyridine rings is 1. The van der Waals surface area contributed by atoms with E-state index in [1.165, 1.54) is 0 Å². The van der Waals surface area contributed by atoms with Gasteiger partial charge in [-0.3, -0.25) is 4.79 Å². The number of nitrogens with one attached hydrogen (secondary N) is 1. The summed E-state index contributed by atoms with van der Waals surface area (Å²) in [4.78, 5) is 19.2. The molecule has 0 bridgehead atoms. The third kappa shape index (κ3) is 4.19. The van der Waals surface area contributed by atoms with Crippen LogP contribution in [0, 0.1) is 5.92 Å². The molecule has 1 aliphatic rings. The van der Waals surface area contributed by atoms with E-state index in [0.29, 0.717) is 0 Å². The van der Waals surface area contributed by atoms with Gasteiger partial charge < -0.3 is 10.2 Å². The molecule has 21 heavy (non-hydrogen) atoms. The van der Waals surface area contributed by atoms with Gasteiger partial charge in [0.05, 0.1) is 0 Å². The number of carbonyl (C=O) groups is 1. The van der Waals surface area contributed by atoms with Crippen molar-refractivity contribution in [3.8, 4) is 0 Å². The van der Waals surface area contributed by atoms with Crippen molar-refractivity contribution in [3.63, 3.8) is 0 Å². The molecule has 0 spiro atoms. The number of anilines is 1. The minimum absolute atomic E-state index is 0.151. The van der Waals surface area contributed by atoms with Gasteiger partial charge in [0.1, 0.15) is 5.82 Å². The van der Waals surface area contributed by atoms with Crippen LogP contribution in [-0.2, 0) is 6.42 Å². The van der Waals surface area contributed by atoms with Crippen LogP contribution >= 0.6 is 0 Å². The highest BCUT2D eigenvalue weighted by molar-refractivity contribution is 5.95. The summed E-state index contributed by atoms with van der Waals surface area (Å²) in [5.74, 6) is 1.71. The number of amides is 1. The lowest BCUT2D eigenvalue weighted by Gasteiger charge is -2.30. The number of hydrogen-bond donors (Lipinski definition) is 1. The molecule has 1 N–H and O–H groups in total. The summed E-state index contributed by atoms with van der Waals surface area (Å²) >= 11 is 0. The second-order valence-electron chi connectivity index (χ2n) is 5.99. The topological polar surface area (TPSA) is 45.2 Å². The summed E-state index contributed by atoms with van der Waals surface area (Å²) in [5, 5.41) is 3.29. The number of aromatic nitrogens is 1. The van der Waals surface area contributed by atoms with E-state index in [-0.39, 0.29) is 5.91 Å². The van der Waals surface area contributed by atoms with Gasteiger partial charge in [0.25, 0.3) is 5.91 Å². The second kappa shape index (κ2) is 7.43. The number of likely N-dealkylation sites (tertiary alicyclic amines) is 1. The van der Waals surface area contributed by atoms with Gasteiger partial charge in [-0.25, -0.2) is 4.98 Å². The molecule has 1 amide bonds. The third-order valence-electron chi connectivity index (χ3n) is 4.11. The predicted molar refractivity (Wildman–Crippen MR) is 86.7 cm³/mol. The molecule has 0 aromatic carbocycles. The van der Waals surface area contributed by atoms with Crippen molar-refractivity contribution >= 4 is 11.7 Å². The molecule has 4 heteroatoms. The van der Waals surface area contributed by atoms with Gasteiger partial charge in [-0.2, -0.15) is 0 Å². The fraction of sp³-hybridized carbons (Fsp3) is 0.647. The van der Waals surface area contributed by atoms with Gasteiger partial charge in [-0.15, -0.1) is 0 Å². The average Bonchev–Trinajstić information content (AvgIpc) is 2.52. The zero-order valence-electron chi connectivity index (χ0n) is 13.5. The molecule has 2 rings (SSSR count). The van der Waals surface area contributed by atoms with Crippen LogP contribution in [0.1, 0.15) is 56.1 Å². The molecule has 1 saturated heterocycles. The van der Waals surface area contributed by atoms with Crippen molar-refractivity contribution in [1.29, 1.82) is 0 Å². The maximum atomic E-state index is 12.7. The lowest BCUT2D eigenvalue weighted by atomic mass is 9.98. The molecule has 116 valence electrons. The molecule has 2 heterocycles. The second-order valence-corrected chi connectivity index (χ2v) is 5.99. The van der Waals surface area contributed by atoms with Crippen LogP contribution in [0.2, 0.25) is 0 Å². The molecule has 1 aromatic heterocycles. The van der Waals surface area contributed by atoms with Gasteiger partial charge in [-0.1, -0.05) is 20.8 Å². The Kier molecular flexibility index (Phi) is 5.59. The number of aryl methyl sites for hydroxylation is 1. The van der Waals surface area contributed by atoms with E-state index in [9.17, 15) is 4.79 Å². The Bertz CT molecular complexity index is 479. The molecule has 0 radical (unpaired) electrons. The van der Waals surface area contributed by atoms with Gasteiger partial charge in [0.2, 0.25) is 0 Å². The van der Waals surface area contributed by atoms with Gasteiger partial charge >= 0.3 is 0 Å². The molecular weight excluding hydrogens is 262 g/mol. The van der Waals surface area contributed by atoms with Gasteiger partial charge in [-0.05, 0) is 43.7 Å². The third-order valence-corrected chi connectivity index (χ3v) is 4.11. The summed E-state index contributed by atoms with van der Waals surface area (Å²) in [5.41, 5.74) is 1.75. The number of piperidine rings is 1. The van der Waals surface area contributed by atoms with E-state index >= 15 is 0 Å². The lowest BCUT2D eigenvalue weighted by Crippen LogP contribution is -2.38. The molecule has 0 aliphatic carbocycles. The SMILES string of the molecule is CCCNc1cc(C(=O)N2CCC(C)CC2)cc(CC)n1. The van der Waals surface area contributed by atoms with Crippen molar-refractivity contribution < 1.29 is 4.79 Å². The monoisotopic (exact) mass is 289 g/mol. The van der Waals surface area contributed by atoms with Crippen LogP contribution in [0.25, 0.3) is 0 Å². The number of carbonyl (C=O) groups excluding carboxylic acids is 1. The largest absolute Gasteiger partial charge is 0.370 e. The first kappa shape index (κ1) is 15.8. The highest BCUT2D eigenvalue weighted by atomic mass is 16.2. The van der Waals surface area contributed by atoms with Crippen molar-refractivity contribution in [2.75, 3.05) is 25.0 Å². The fourth-order valence-electron chi connectivity index (χ4n) is 2.63. The summed E-state index contributed by atoms with van der Waals surface area (Å²) < 4.78 is 0. The summed E-state index contributed by atoms with van der Waals surface area (Å²) in [7, 11) is 0. The normalized spacial score (nSPS) is 16.0.